The second kappa shape index (κ2) is 8.81. The number of methoxy groups -OCH3 is 3. The minimum atomic E-state index is -0.824. The zero-order valence-electron chi connectivity index (χ0n) is 15.7. The number of ether oxygens (including phenoxy) is 3. The average molecular weight is 403 g/mol. The van der Waals surface area contributed by atoms with Crippen molar-refractivity contribution in [3.05, 3.63) is 63.7 Å². The lowest BCUT2D eigenvalue weighted by Gasteiger charge is -2.15. The topological polar surface area (TPSA) is 90.2 Å². The Morgan fingerprint density at radius 2 is 1.89 bits per heavy atom. The van der Waals surface area contributed by atoms with E-state index in [1.165, 1.54) is 38.9 Å². The van der Waals surface area contributed by atoms with Crippen molar-refractivity contribution in [3.8, 4) is 17.2 Å². The first-order valence-electron chi connectivity index (χ1n) is 8.46. The van der Waals surface area contributed by atoms with Gasteiger partial charge in [-0.2, -0.15) is 0 Å². The van der Waals surface area contributed by atoms with Gasteiger partial charge in [-0.25, -0.2) is 0 Å². The third-order valence-electron chi connectivity index (χ3n) is 4.14. The van der Waals surface area contributed by atoms with Crippen LogP contribution in [0.4, 0.5) is 0 Å². The number of nitrogens with one attached hydrogen (secondary N) is 1. The van der Waals surface area contributed by atoms with Gasteiger partial charge in [0.1, 0.15) is 11.9 Å². The summed E-state index contributed by atoms with van der Waals surface area (Å²) in [5.41, 5.74) is 0.340. The van der Waals surface area contributed by atoms with Gasteiger partial charge in [-0.1, -0.05) is 0 Å². The minimum absolute atomic E-state index is 0.305. The molecule has 148 valence electrons. The maximum atomic E-state index is 12.6. The molecular formula is C20H21NO6S. The first kappa shape index (κ1) is 19.8. The Morgan fingerprint density at radius 1 is 1.11 bits per heavy atom. The molecule has 0 radical (unpaired) electrons. The Morgan fingerprint density at radius 3 is 2.54 bits per heavy atom. The summed E-state index contributed by atoms with van der Waals surface area (Å²) < 4.78 is 21.1. The maximum absolute atomic E-state index is 12.6. The molecule has 2 N–H and O–H groups in total. The molecule has 0 spiro atoms. The number of carbonyl (C=O) groups excluding carboxylic acids is 1. The molecule has 1 atom stereocenters. The van der Waals surface area contributed by atoms with Crippen molar-refractivity contribution < 1.29 is 28.5 Å². The van der Waals surface area contributed by atoms with Gasteiger partial charge in [-0.05, 0) is 36.4 Å². The number of aliphatic hydroxyl groups excluding tert-OH is 1. The van der Waals surface area contributed by atoms with E-state index in [4.69, 9.17) is 18.6 Å². The van der Waals surface area contributed by atoms with Crippen LogP contribution in [0.1, 0.15) is 32.0 Å². The van der Waals surface area contributed by atoms with Crippen LogP contribution in [-0.2, 0) is 6.54 Å². The fourth-order valence-electron chi connectivity index (χ4n) is 2.77. The van der Waals surface area contributed by atoms with Gasteiger partial charge in [0.2, 0.25) is 5.75 Å². The molecule has 28 heavy (non-hydrogen) atoms. The van der Waals surface area contributed by atoms with Gasteiger partial charge in [-0.3, -0.25) is 4.79 Å². The molecule has 0 saturated heterocycles. The molecule has 0 bridgehead atoms. The van der Waals surface area contributed by atoms with Crippen molar-refractivity contribution in [1.29, 1.82) is 0 Å². The molecule has 0 saturated carbocycles. The molecule has 3 aromatic rings. The predicted octanol–water partition coefficient (Wildman–Crippen LogP) is 3.38. The number of benzene rings is 1. The van der Waals surface area contributed by atoms with Crippen LogP contribution in [0, 0.1) is 0 Å². The lowest BCUT2D eigenvalue weighted by Crippen LogP contribution is -2.23. The predicted molar refractivity (Wildman–Crippen MR) is 104 cm³/mol. The van der Waals surface area contributed by atoms with Crippen molar-refractivity contribution in [3.63, 3.8) is 0 Å². The summed E-state index contributed by atoms with van der Waals surface area (Å²) >= 11 is 1.40. The van der Waals surface area contributed by atoms with Gasteiger partial charge in [0.05, 0.1) is 39.7 Å². The van der Waals surface area contributed by atoms with E-state index < -0.39 is 6.10 Å². The van der Waals surface area contributed by atoms with E-state index in [0.29, 0.717) is 35.1 Å². The van der Waals surface area contributed by atoms with E-state index >= 15 is 0 Å². The zero-order chi connectivity index (χ0) is 20.1. The van der Waals surface area contributed by atoms with Gasteiger partial charge in [0, 0.05) is 9.75 Å². The van der Waals surface area contributed by atoms with Gasteiger partial charge < -0.3 is 29.1 Å². The molecule has 0 aliphatic carbocycles. The largest absolute Gasteiger partial charge is 0.493 e. The third-order valence-corrected chi connectivity index (χ3v) is 5.27. The highest BCUT2D eigenvalue weighted by molar-refractivity contribution is 7.12. The number of thiophene rings is 1. The lowest BCUT2D eigenvalue weighted by atomic mass is 10.1. The summed E-state index contributed by atoms with van der Waals surface area (Å²) in [6.07, 6.45) is 0.694. The van der Waals surface area contributed by atoms with Gasteiger partial charge in [0.15, 0.2) is 11.5 Å². The number of hydrogen-bond donors (Lipinski definition) is 2. The number of rotatable bonds is 8. The van der Waals surface area contributed by atoms with Crippen LogP contribution in [0.3, 0.4) is 0 Å². The van der Waals surface area contributed by atoms with Crippen molar-refractivity contribution in [2.24, 2.45) is 0 Å². The number of hydrogen-bond acceptors (Lipinski definition) is 7. The van der Waals surface area contributed by atoms with Crippen LogP contribution < -0.4 is 19.5 Å². The molecule has 8 heteroatoms. The van der Waals surface area contributed by atoms with Crippen molar-refractivity contribution in [2.45, 2.75) is 12.6 Å². The Hall–Kier alpha value is -2.97. The van der Waals surface area contributed by atoms with Gasteiger partial charge in [0.25, 0.3) is 5.91 Å². The summed E-state index contributed by atoms with van der Waals surface area (Å²) in [7, 11) is 4.47. The maximum Gasteiger partial charge on any atom is 0.255 e. The molecule has 0 fully saturated rings. The Labute approximate surface area is 166 Å². The van der Waals surface area contributed by atoms with E-state index in [1.807, 2.05) is 12.1 Å². The number of carbonyl (C=O) groups is 1. The van der Waals surface area contributed by atoms with Crippen molar-refractivity contribution in [2.75, 3.05) is 21.3 Å². The summed E-state index contributed by atoms with van der Waals surface area (Å²) in [4.78, 5) is 14.3. The fourth-order valence-corrected chi connectivity index (χ4v) is 3.71. The van der Waals surface area contributed by atoms with Crippen molar-refractivity contribution in [1.82, 2.24) is 5.32 Å². The van der Waals surface area contributed by atoms with E-state index in [-0.39, 0.29) is 5.91 Å². The van der Waals surface area contributed by atoms with Crippen LogP contribution >= 0.6 is 11.3 Å². The van der Waals surface area contributed by atoms with Crippen LogP contribution in [0.15, 0.2) is 47.1 Å². The van der Waals surface area contributed by atoms with E-state index in [9.17, 15) is 9.90 Å². The molecule has 2 heterocycles. The minimum Gasteiger partial charge on any atom is -0.493 e. The molecule has 1 amide bonds. The molecular weight excluding hydrogens is 382 g/mol. The highest BCUT2D eigenvalue weighted by Crippen LogP contribution is 2.39. The second-order valence-corrected chi connectivity index (χ2v) is 6.99. The van der Waals surface area contributed by atoms with Crippen LogP contribution in [0.5, 0.6) is 17.2 Å². The SMILES string of the molecule is COc1ccc(C(=O)NCc2ccc(C(O)c3ccco3)s2)c(OC)c1OC. The summed E-state index contributed by atoms with van der Waals surface area (Å²) in [6, 6.07) is 10.4. The highest BCUT2D eigenvalue weighted by Gasteiger charge is 2.21. The Bertz CT molecular complexity index is 934. The molecule has 1 unspecified atom stereocenters. The monoisotopic (exact) mass is 403 g/mol. The standard InChI is InChI=1S/C20H21NO6S/c1-24-15-8-7-13(18(25-2)19(15)26-3)20(23)21-11-12-6-9-16(28-12)17(22)14-5-4-10-27-14/h4-10,17,22H,11H2,1-3H3,(H,21,23). The highest BCUT2D eigenvalue weighted by atomic mass is 32.1. The molecule has 0 aliphatic heterocycles. The Balaban J connectivity index is 1.71. The normalized spacial score (nSPS) is 11.7. The third kappa shape index (κ3) is 3.97. The quantitative estimate of drug-likeness (QED) is 0.599. The molecule has 2 aromatic heterocycles. The summed E-state index contributed by atoms with van der Waals surface area (Å²) in [5.74, 6) is 1.31. The van der Waals surface area contributed by atoms with Crippen LogP contribution in [0.25, 0.3) is 0 Å². The van der Waals surface area contributed by atoms with E-state index in [0.717, 1.165) is 9.75 Å². The first-order valence-corrected chi connectivity index (χ1v) is 9.28. The molecule has 1 aromatic carbocycles. The Kier molecular flexibility index (Phi) is 6.23. The number of amides is 1. The smallest absolute Gasteiger partial charge is 0.255 e. The van der Waals surface area contributed by atoms with Crippen LogP contribution in [0.2, 0.25) is 0 Å². The van der Waals surface area contributed by atoms with E-state index in [2.05, 4.69) is 5.32 Å². The average Bonchev–Trinajstić information content (AvgIpc) is 3.42. The molecule has 7 nitrogen and oxygen atoms in total. The molecule has 0 aliphatic rings. The lowest BCUT2D eigenvalue weighted by molar-refractivity contribution is 0.0947. The van der Waals surface area contributed by atoms with Gasteiger partial charge in [-0.15, -0.1) is 11.3 Å². The summed E-state index contributed by atoms with van der Waals surface area (Å²) in [5, 5.41) is 13.2. The van der Waals surface area contributed by atoms with Crippen molar-refractivity contribution >= 4 is 17.2 Å². The molecule has 3 rings (SSSR count). The van der Waals surface area contributed by atoms with Gasteiger partial charge >= 0.3 is 0 Å². The summed E-state index contributed by atoms with van der Waals surface area (Å²) in [6.45, 7) is 0.311. The van der Waals surface area contributed by atoms with E-state index in [1.54, 1.807) is 24.3 Å². The number of furan rings is 1. The van der Waals surface area contributed by atoms with Crippen LogP contribution in [-0.4, -0.2) is 32.3 Å². The zero-order valence-corrected chi connectivity index (χ0v) is 16.5. The fraction of sp³-hybridized carbons (Fsp3) is 0.250. The number of aliphatic hydroxyl groups is 1. The first-order chi connectivity index (χ1) is 13.6. The second-order valence-electron chi connectivity index (χ2n) is 5.79.